The van der Waals surface area contributed by atoms with E-state index < -0.39 is 0 Å². The van der Waals surface area contributed by atoms with Gasteiger partial charge in [-0.25, -0.2) is 0 Å². The van der Waals surface area contributed by atoms with Crippen LogP contribution >= 0.6 is 15.9 Å². The molecule has 1 radical (unpaired) electrons. The van der Waals surface area contributed by atoms with Crippen LogP contribution in [0.2, 0.25) is 0 Å². The molecule has 1 N–H and O–H groups in total. The van der Waals surface area contributed by atoms with Gasteiger partial charge in [0, 0.05) is 12.4 Å². The standard InChI is InChI=1S/C3H8BBrNO/c1-7-4-6-3-2-5/h6H,2-3H2,1H3. The fourth-order valence-corrected chi connectivity index (χ4v) is 0.426. The van der Waals surface area contributed by atoms with Crippen LogP contribution < -0.4 is 5.23 Å². The Morgan fingerprint density at radius 2 is 2.57 bits per heavy atom. The van der Waals surface area contributed by atoms with Gasteiger partial charge in [-0.05, 0) is 6.54 Å². The zero-order valence-corrected chi connectivity index (χ0v) is 5.86. The SMILES string of the molecule is CO[B]NCCBr. The van der Waals surface area contributed by atoms with E-state index in [0.717, 1.165) is 11.9 Å². The maximum atomic E-state index is 4.59. The smallest absolute Gasteiger partial charge is 0.395 e. The molecule has 0 atom stereocenters. The van der Waals surface area contributed by atoms with Gasteiger partial charge in [0.2, 0.25) is 0 Å². The Labute approximate surface area is 53.0 Å². The summed E-state index contributed by atoms with van der Waals surface area (Å²) in [5.74, 6) is 0. The molecule has 2 nitrogen and oxygen atoms in total. The van der Waals surface area contributed by atoms with Crippen LogP contribution in [-0.2, 0) is 4.65 Å². The second-order valence-electron chi connectivity index (χ2n) is 0.997. The average molecular weight is 165 g/mol. The molecule has 0 rings (SSSR count). The van der Waals surface area contributed by atoms with E-state index >= 15 is 0 Å². The fourth-order valence-electron chi connectivity index (χ4n) is 0.197. The molecule has 0 aromatic heterocycles. The number of rotatable bonds is 4. The highest BCUT2D eigenvalue weighted by Crippen LogP contribution is 1.72. The van der Waals surface area contributed by atoms with Gasteiger partial charge in [0.1, 0.15) is 0 Å². The van der Waals surface area contributed by atoms with Gasteiger partial charge >= 0.3 is 7.62 Å². The second-order valence-corrected chi connectivity index (χ2v) is 1.79. The Bertz CT molecular complexity index is 34.1. The molecule has 41 valence electrons. The summed E-state index contributed by atoms with van der Waals surface area (Å²) in [7, 11) is 3.17. The van der Waals surface area contributed by atoms with Crippen LogP contribution in [0, 0.1) is 0 Å². The van der Waals surface area contributed by atoms with Crippen molar-refractivity contribution in [3.63, 3.8) is 0 Å². The Hall–Kier alpha value is 0.465. The zero-order chi connectivity index (χ0) is 5.54. The van der Waals surface area contributed by atoms with Crippen molar-refractivity contribution >= 4 is 23.5 Å². The third kappa shape index (κ3) is 6.46. The first-order valence-corrected chi connectivity index (χ1v) is 3.17. The number of nitrogens with one attached hydrogen (secondary N) is 1. The average Bonchev–Trinajstić information content (AvgIpc) is 1.69. The van der Waals surface area contributed by atoms with Crippen molar-refractivity contribution in [1.29, 1.82) is 0 Å². The van der Waals surface area contributed by atoms with E-state index in [9.17, 15) is 0 Å². The lowest BCUT2D eigenvalue weighted by Crippen LogP contribution is -2.22. The Balaban J connectivity index is 2.45. The van der Waals surface area contributed by atoms with E-state index in [4.69, 9.17) is 0 Å². The Kier molecular flexibility index (Phi) is 6.89. The van der Waals surface area contributed by atoms with Crippen LogP contribution in [0.3, 0.4) is 0 Å². The lowest BCUT2D eigenvalue weighted by Gasteiger charge is -1.93. The van der Waals surface area contributed by atoms with Gasteiger partial charge in [0.05, 0.1) is 0 Å². The molecule has 4 heteroatoms. The fraction of sp³-hybridized carbons (Fsp3) is 1.00. The van der Waals surface area contributed by atoms with E-state index in [0.29, 0.717) is 0 Å². The maximum Gasteiger partial charge on any atom is 0.395 e. The molecule has 0 bridgehead atoms. The van der Waals surface area contributed by atoms with Gasteiger partial charge in [-0.15, -0.1) is 0 Å². The highest BCUT2D eigenvalue weighted by Gasteiger charge is 1.82. The molecule has 0 unspecified atom stereocenters. The Morgan fingerprint density at radius 1 is 1.86 bits per heavy atom. The minimum Gasteiger partial charge on any atom is -0.427 e. The summed E-state index contributed by atoms with van der Waals surface area (Å²) in [4.78, 5) is 0. The molecular formula is C3H8BBrNO. The first-order chi connectivity index (χ1) is 3.41. The van der Waals surface area contributed by atoms with E-state index in [1.54, 1.807) is 14.7 Å². The van der Waals surface area contributed by atoms with Gasteiger partial charge in [-0.2, -0.15) is 0 Å². The van der Waals surface area contributed by atoms with Crippen molar-refractivity contribution in [3.05, 3.63) is 0 Å². The van der Waals surface area contributed by atoms with E-state index in [2.05, 4.69) is 25.8 Å². The topological polar surface area (TPSA) is 21.3 Å². The minimum absolute atomic E-state index is 0.911. The summed E-state index contributed by atoms with van der Waals surface area (Å²) in [6.07, 6.45) is 0. The maximum absolute atomic E-state index is 4.59. The normalized spacial score (nSPS) is 8.86. The number of hydrogen-bond donors (Lipinski definition) is 1. The number of hydrogen-bond acceptors (Lipinski definition) is 2. The highest BCUT2D eigenvalue weighted by atomic mass is 79.9. The monoisotopic (exact) mass is 164 g/mol. The molecule has 0 aliphatic heterocycles. The molecule has 0 aromatic carbocycles. The lowest BCUT2D eigenvalue weighted by molar-refractivity contribution is 0.432. The van der Waals surface area contributed by atoms with Crippen LogP contribution in [-0.4, -0.2) is 26.6 Å². The molecule has 0 aliphatic carbocycles. The molecule has 0 heterocycles. The molecule has 0 spiro atoms. The van der Waals surface area contributed by atoms with Crippen LogP contribution in [0.25, 0.3) is 0 Å². The first kappa shape index (κ1) is 7.46. The quantitative estimate of drug-likeness (QED) is 0.363. The summed E-state index contributed by atoms with van der Waals surface area (Å²) in [6, 6.07) is 0. The predicted octanol–water partition coefficient (Wildman–Crippen LogP) is 0.151. The lowest BCUT2D eigenvalue weighted by atomic mass is 10.3. The van der Waals surface area contributed by atoms with Crippen LogP contribution in [0.5, 0.6) is 0 Å². The second kappa shape index (κ2) is 6.46. The van der Waals surface area contributed by atoms with Gasteiger partial charge in [0.15, 0.2) is 0 Å². The zero-order valence-electron chi connectivity index (χ0n) is 4.28. The van der Waals surface area contributed by atoms with Crippen LogP contribution in [0.15, 0.2) is 0 Å². The third-order valence-electron chi connectivity index (χ3n) is 0.440. The van der Waals surface area contributed by atoms with Crippen molar-refractivity contribution in [3.8, 4) is 0 Å². The largest absolute Gasteiger partial charge is 0.427 e. The number of halogens is 1. The summed E-state index contributed by atoms with van der Waals surface area (Å²) in [5, 5.41) is 3.84. The van der Waals surface area contributed by atoms with Crippen LogP contribution in [0.4, 0.5) is 0 Å². The molecule has 7 heavy (non-hydrogen) atoms. The van der Waals surface area contributed by atoms with Crippen molar-refractivity contribution in [2.45, 2.75) is 0 Å². The summed E-state index contributed by atoms with van der Waals surface area (Å²) in [6.45, 7) is 0.911. The van der Waals surface area contributed by atoms with Gasteiger partial charge in [-0.1, -0.05) is 15.9 Å². The summed E-state index contributed by atoms with van der Waals surface area (Å²) in [5.41, 5.74) is 0. The molecule has 0 saturated carbocycles. The summed E-state index contributed by atoms with van der Waals surface area (Å²) >= 11 is 3.24. The predicted molar refractivity (Wildman–Crippen MR) is 34.6 cm³/mol. The number of alkyl halides is 1. The van der Waals surface area contributed by atoms with Crippen LogP contribution in [0.1, 0.15) is 0 Å². The summed E-state index contributed by atoms with van der Waals surface area (Å²) < 4.78 is 4.59. The third-order valence-corrected chi connectivity index (χ3v) is 0.837. The molecule has 0 fully saturated rings. The molecular weight excluding hydrogens is 157 g/mol. The van der Waals surface area contributed by atoms with Gasteiger partial charge in [0.25, 0.3) is 0 Å². The van der Waals surface area contributed by atoms with Gasteiger partial charge < -0.3 is 9.88 Å². The van der Waals surface area contributed by atoms with E-state index in [1.807, 2.05) is 0 Å². The molecule has 0 amide bonds. The van der Waals surface area contributed by atoms with Crippen molar-refractivity contribution in [2.24, 2.45) is 0 Å². The van der Waals surface area contributed by atoms with E-state index in [1.165, 1.54) is 0 Å². The minimum atomic E-state index is 0.911. The Morgan fingerprint density at radius 3 is 3.00 bits per heavy atom. The van der Waals surface area contributed by atoms with Crippen molar-refractivity contribution < 1.29 is 4.65 Å². The van der Waals surface area contributed by atoms with E-state index in [-0.39, 0.29) is 0 Å². The molecule has 0 saturated heterocycles. The first-order valence-electron chi connectivity index (χ1n) is 2.05. The molecule has 0 aromatic rings. The highest BCUT2D eigenvalue weighted by molar-refractivity contribution is 9.09. The van der Waals surface area contributed by atoms with Crippen molar-refractivity contribution in [1.82, 2.24) is 5.23 Å². The van der Waals surface area contributed by atoms with Gasteiger partial charge in [-0.3, -0.25) is 0 Å². The van der Waals surface area contributed by atoms with Crippen molar-refractivity contribution in [2.75, 3.05) is 19.0 Å². The molecule has 0 aliphatic rings.